The Kier molecular flexibility index (Phi) is 3.09. The average molecular weight is 263 g/mol. The van der Waals surface area contributed by atoms with Gasteiger partial charge in [0.25, 0.3) is 5.19 Å². The van der Waals surface area contributed by atoms with Crippen LogP contribution in [-0.2, 0) is 0 Å². The van der Waals surface area contributed by atoms with Crippen LogP contribution in [0.1, 0.15) is 12.8 Å². The number of fused-ring (bicyclic) bond motifs is 1. The summed E-state index contributed by atoms with van der Waals surface area (Å²) in [6, 6.07) is 6.52. The third kappa shape index (κ3) is 2.57. The van der Waals surface area contributed by atoms with Gasteiger partial charge in [-0.3, -0.25) is 0 Å². The smallest absolute Gasteiger partial charge is 0.274 e. The van der Waals surface area contributed by atoms with Gasteiger partial charge in [0, 0.05) is 18.3 Å². The minimum atomic E-state index is 0.697. The Morgan fingerprint density at radius 2 is 2.33 bits per heavy atom. The van der Waals surface area contributed by atoms with Crippen LogP contribution in [0.3, 0.4) is 0 Å². The van der Waals surface area contributed by atoms with Gasteiger partial charge in [-0.25, -0.2) is 4.98 Å². The summed E-state index contributed by atoms with van der Waals surface area (Å²) >= 11 is 1.56. The van der Waals surface area contributed by atoms with Crippen molar-refractivity contribution in [3.63, 3.8) is 0 Å². The first-order chi connectivity index (χ1) is 8.72. The number of thiazole rings is 1. The van der Waals surface area contributed by atoms with Gasteiger partial charge in [0.2, 0.25) is 0 Å². The van der Waals surface area contributed by atoms with E-state index < -0.39 is 0 Å². The first-order valence-corrected chi connectivity index (χ1v) is 7.03. The van der Waals surface area contributed by atoms with Crippen molar-refractivity contribution in [2.75, 3.05) is 25.9 Å². The number of rotatable bonds is 5. The van der Waals surface area contributed by atoms with Crippen LogP contribution in [-0.4, -0.2) is 36.1 Å². The lowest BCUT2D eigenvalue weighted by Gasteiger charge is -2.14. The van der Waals surface area contributed by atoms with Crippen molar-refractivity contribution in [3.05, 3.63) is 18.2 Å². The highest BCUT2D eigenvalue weighted by Crippen LogP contribution is 2.29. The van der Waals surface area contributed by atoms with Gasteiger partial charge in [-0.1, -0.05) is 11.3 Å². The maximum Gasteiger partial charge on any atom is 0.274 e. The van der Waals surface area contributed by atoms with Gasteiger partial charge in [0.05, 0.1) is 10.2 Å². The zero-order chi connectivity index (χ0) is 12.5. The summed E-state index contributed by atoms with van der Waals surface area (Å²) in [5.41, 5.74) is 7.47. The molecule has 1 aliphatic rings. The lowest BCUT2D eigenvalue weighted by atomic mass is 10.3. The molecule has 2 aromatic rings. The molecule has 4 nitrogen and oxygen atoms in total. The minimum Gasteiger partial charge on any atom is -0.469 e. The van der Waals surface area contributed by atoms with Crippen molar-refractivity contribution in [2.45, 2.75) is 18.9 Å². The highest BCUT2D eigenvalue weighted by atomic mass is 32.1. The Morgan fingerprint density at radius 3 is 3.11 bits per heavy atom. The fourth-order valence-electron chi connectivity index (χ4n) is 1.96. The summed E-state index contributed by atoms with van der Waals surface area (Å²) in [5.74, 6) is 0. The summed E-state index contributed by atoms with van der Waals surface area (Å²) in [4.78, 5) is 6.79. The van der Waals surface area contributed by atoms with E-state index in [0.29, 0.717) is 6.61 Å². The quantitative estimate of drug-likeness (QED) is 0.841. The molecule has 0 atom stereocenters. The summed E-state index contributed by atoms with van der Waals surface area (Å²) < 4.78 is 6.79. The Hall–Kier alpha value is -1.33. The first kappa shape index (κ1) is 11.7. The monoisotopic (exact) mass is 263 g/mol. The van der Waals surface area contributed by atoms with Crippen molar-refractivity contribution >= 4 is 27.2 Å². The van der Waals surface area contributed by atoms with E-state index in [1.165, 1.54) is 12.8 Å². The van der Waals surface area contributed by atoms with E-state index in [9.17, 15) is 0 Å². The number of nitrogens with two attached hydrogens (primary N) is 1. The van der Waals surface area contributed by atoms with Crippen LogP contribution in [0.5, 0.6) is 5.19 Å². The molecule has 96 valence electrons. The number of nitrogen functional groups attached to an aromatic ring is 1. The van der Waals surface area contributed by atoms with Crippen molar-refractivity contribution in [1.29, 1.82) is 0 Å². The molecule has 1 saturated carbocycles. The number of hydrogen-bond donors (Lipinski definition) is 1. The number of hydrogen-bond acceptors (Lipinski definition) is 5. The van der Waals surface area contributed by atoms with Crippen molar-refractivity contribution < 1.29 is 4.74 Å². The number of aromatic nitrogens is 1. The molecule has 1 fully saturated rings. The fraction of sp³-hybridized carbons (Fsp3) is 0.462. The number of nitrogens with zero attached hydrogens (tertiary/aromatic N) is 2. The molecule has 1 aromatic heterocycles. The second-order valence-corrected chi connectivity index (χ2v) is 5.76. The Morgan fingerprint density at radius 1 is 1.50 bits per heavy atom. The Labute approximate surface area is 110 Å². The molecule has 1 aliphatic carbocycles. The van der Waals surface area contributed by atoms with Crippen LogP contribution >= 0.6 is 11.3 Å². The number of ether oxygens (including phenoxy) is 1. The number of benzene rings is 1. The second kappa shape index (κ2) is 4.74. The van der Waals surface area contributed by atoms with Crippen LogP contribution in [0, 0.1) is 0 Å². The molecule has 0 bridgehead atoms. The highest BCUT2D eigenvalue weighted by Gasteiger charge is 2.25. The predicted molar refractivity (Wildman–Crippen MR) is 75.2 cm³/mol. The molecule has 3 rings (SSSR count). The maximum absolute atomic E-state index is 5.74. The fourth-order valence-corrected chi connectivity index (χ4v) is 2.84. The summed E-state index contributed by atoms with van der Waals surface area (Å²) in [5, 5.41) is 0.736. The highest BCUT2D eigenvalue weighted by molar-refractivity contribution is 7.20. The molecular formula is C13H17N3OS. The van der Waals surface area contributed by atoms with Crippen molar-refractivity contribution in [1.82, 2.24) is 9.88 Å². The van der Waals surface area contributed by atoms with E-state index in [1.807, 2.05) is 18.2 Å². The van der Waals surface area contributed by atoms with Crippen LogP contribution in [0.4, 0.5) is 5.69 Å². The largest absolute Gasteiger partial charge is 0.469 e. The molecule has 0 unspecified atom stereocenters. The molecule has 5 heteroatoms. The number of likely N-dealkylation sites (N-methyl/N-ethyl adjacent to an activating group) is 1. The van der Waals surface area contributed by atoms with Gasteiger partial charge < -0.3 is 15.4 Å². The van der Waals surface area contributed by atoms with Gasteiger partial charge in [-0.15, -0.1) is 0 Å². The third-order valence-corrected chi connectivity index (χ3v) is 4.16. The van der Waals surface area contributed by atoms with Crippen LogP contribution < -0.4 is 10.5 Å². The second-order valence-electron chi connectivity index (χ2n) is 4.77. The molecule has 0 saturated heterocycles. The van der Waals surface area contributed by atoms with Crippen LogP contribution in [0.15, 0.2) is 18.2 Å². The number of anilines is 1. The SMILES string of the molecule is CN(CCOc1nc2ccc(N)cc2s1)C1CC1. The summed E-state index contributed by atoms with van der Waals surface area (Å²) in [6.45, 7) is 1.66. The zero-order valence-electron chi connectivity index (χ0n) is 10.4. The van der Waals surface area contributed by atoms with E-state index in [4.69, 9.17) is 10.5 Å². The van der Waals surface area contributed by atoms with Gasteiger partial charge in [0.15, 0.2) is 0 Å². The van der Waals surface area contributed by atoms with Gasteiger partial charge in [-0.2, -0.15) is 0 Å². The molecule has 1 heterocycles. The van der Waals surface area contributed by atoms with E-state index in [2.05, 4.69) is 16.9 Å². The van der Waals surface area contributed by atoms with E-state index in [1.54, 1.807) is 11.3 Å². The van der Waals surface area contributed by atoms with Crippen LogP contribution in [0.25, 0.3) is 10.2 Å². The Bertz CT molecular complexity index is 550. The normalized spacial score (nSPS) is 15.4. The summed E-state index contributed by atoms with van der Waals surface area (Å²) in [6.07, 6.45) is 2.66. The van der Waals surface area contributed by atoms with Gasteiger partial charge >= 0.3 is 0 Å². The molecule has 0 amide bonds. The van der Waals surface area contributed by atoms with E-state index >= 15 is 0 Å². The first-order valence-electron chi connectivity index (χ1n) is 6.21. The molecule has 1 aromatic carbocycles. The van der Waals surface area contributed by atoms with Gasteiger partial charge in [-0.05, 0) is 38.1 Å². The lowest BCUT2D eigenvalue weighted by molar-refractivity contribution is 0.231. The lowest BCUT2D eigenvalue weighted by Crippen LogP contribution is -2.26. The average Bonchev–Trinajstić information content (AvgIpc) is 3.11. The molecule has 2 N–H and O–H groups in total. The molecule has 0 aliphatic heterocycles. The zero-order valence-corrected chi connectivity index (χ0v) is 11.2. The van der Waals surface area contributed by atoms with E-state index in [0.717, 1.165) is 33.7 Å². The standard InChI is InChI=1S/C13H17N3OS/c1-16(10-3-4-10)6-7-17-13-15-11-5-2-9(14)8-12(11)18-13/h2,5,8,10H,3-4,6-7,14H2,1H3. The molecule has 0 spiro atoms. The van der Waals surface area contributed by atoms with Gasteiger partial charge in [0.1, 0.15) is 6.61 Å². The minimum absolute atomic E-state index is 0.697. The third-order valence-electron chi connectivity index (χ3n) is 3.23. The predicted octanol–water partition coefficient (Wildman–Crippen LogP) is 2.35. The summed E-state index contributed by atoms with van der Waals surface area (Å²) in [7, 11) is 2.15. The maximum atomic E-state index is 5.74. The topological polar surface area (TPSA) is 51.4 Å². The van der Waals surface area contributed by atoms with Crippen molar-refractivity contribution in [2.24, 2.45) is 0 Å². The molecular weight excluding hydrogens is 246 g/mol. The Balaban J connectivity index is 1.60. The molecule has 0 radical (unpaired) electrons. The van der Waals surface area contributed by atoms with E-state index in [-0.39, 0.29) is 0 Å². The molecule has 18 heavy (non-hydrogen) atoms. The van der Waals surface area contributed by atoms with Crippen LogP contribution in [0.2, 0.25) is 0 Å². The van der Waals surface area contributed by atoms with Crippen molar-refractivity contribution in [3.8, 4) is 5.19 Å².